The predicted octanol–water partition coefficient (Wildman–Crippen LogP) is 3.32. The minimum atomic E-state index is -1.12. The number of carbonyl (C=O) groups is 2. The topological polar surface area (TPSA) is 43.4 Å². The van der Waals surface area contributed by atoms with Crippen molar-refractivity contribution in [2.75, 3.05) is 7.11 Å². The molecule has 2 aromatic rings. The molecule has 0 saturated carbocycles. The van der Waals surface area contributed by atoms with Crippen molar-refractivity contribution in [3.05, 3.63) is 70.3 Å². The first-order valence-corrected chi connectivity index (χ1v) is 8.46. The van der Waals surface area contributed by atoms with Gasteiger partial charge in [0.15, 0.2) is 5.78 Å². The summed E-state index contributed by atoms with van der Waals surface area (Å²) >= 11 is 0. The molecule has 0 saturated heterocycles. The number of rotatable bonds is 3. The molecule has 24 heavy (non-hydrogen) atoms. The zero-order chi connectivity index (χ0) is 16.7. The summed E-state index contributed by atoms with van der Waals surface area (Å²) in [5.74, 6) is -0.504. The van der Waals surface area contributed by atoms with Gasteiger partial charge in [0.05, 0.1) is 7.11 Å². The normalized spacial score (nSPS) is 21.5. The number of methoxy groups -OCH3 is 1. The molecule has 3 nitrogen and oxygen atoms in total. The van der Waals surface area contributed by atoms with Gasteiger partial charge in [0.1, 0.15) is 5.41 Å². The molecule has 0 fully saturated rings. The average Bonchev–Trinajstić information content (AvgIpc) is 3.16. The first-order valence-electron chi connectivity index (χ1n) is 8.46. The highest BCUT2D eigenvalue weighted by Crippen LogP contribution is 2.42. The van der Waals surface area contributed by atoms with Crippen LogP contribution in [0.5, 0.6) is 0 Å². The number of fused-ring (bicyclic) bond motifs is 2. The van der Waals surface area contributed by atoms with E-state index in [4.69, 9.17) is 4.74 Å². The van der Waals surface area contributed by atoms with Crippen LogP contribution in [0.25, 0.3) is 0 Å². The van der Waals surface area contributed by atoms with E-state index in [0.717, 1.165) is 36.0 Å². The van der Waals surface area contributed by atoms with Crippen LogP contribution in [0.2, 0.25) is 0 Å². The van der Waals surface area contributed by atoms with Gasteiger partial charge in [-0.05, 0) is 60.4 Å². The van der Waals surface area contributed by atoms with Crippen LogP contribution in [0.1, 0.15) is 39.0 Å². The summed E-state index contributed by atoms with van der Waals surface area (Å²) < 4.78 is 5.05. The molecule has 0 unspecified atom stereocenters. The van der Waals surface area contributed by atoms with Gasteiger partial charge in [0.25, 0.3) is 0 Å². The van der Waals surface area contributed by atoms with Gasteiger partial charge >= 0.3 is 5.97 Å². The van der Waals surface area contributed by atoms with E-state index in [2.05, 4.69) is 6.07 Å². The molecule has 0 N–H and O–H groups in total. The molecule has 0 radical (unpaired) electrons. The van der Waals surface area contributed by atoms with Crippen molar-refractivity contribution in [3.63, 3.8) is 0 Å². The van der Waals surface area contributed by atoms with Crippen molar-refractivity contribution in [1.29, 1.82) is 0 Å². The second-order valence-corrected chi connectivity index (χ2v) is 6.87. The van der Waals surface area contributed by atoms with Crippen molar-refractivity contribution >= 4 is 11.8 Å². The Morgan fingerprint density at radius 1 is 1.08 bits per heavy atom. The third-order valence-electron chi connectivity index (χ3n) is 5.41. The van der Waals surface area contributed by atoms with E-state index in [-0.39, 0.29) is 5.78 Å². The Morgan fingerprint density at radius 3 is 2.50 bits per heavy atom. The molecule has 3 heteroatoms. The molecule has 2 aliphatic carbocycles. The summed E-state index contributed by atoms with van der Waals surface area (Å²) in [4.78, 5) is 25.9. The molecule has 0 heterocycles. The van der Waals surface area contributed by atoms with E-state index in [1.54, 1.807) is 0 Å². The van der Waals surface area contributed by atoms with Crippen LogP contribution in [0.15, 0.2) is 42.5 Å². The van der Waals surface area contributed by atoms with Crippen molar-refractivity contribution in [2.24, 2.45) is 5.41 Å². The fourth-order valence-electron chi connectivity index (χ4n) is 4.22. The Morgan fingerprint density at radius 2 is 1.79 bits per heavy atom. The third kappa shape index (κ3) is 2.19. The average molecular weight is 320 g/mol. The number of esters is 1. The summed E-state index contributed by atoms with van der Waals surface area (Å²) in [6, 6.07) is 13.9. The lowest BCUT2D eigenvalue weighted by Gasteiger charge is -2.24. The van der Waals surface area contributed by atoms with Gasteiger partial charge in [-0.3, -0.25) is 9.59 Å². The summed E-state index contributed by atoms with van der Waals surface area (Å²) in [6.07, 6.45) is 4.08. The Labute approximate surface area is 141 Å². The Bertz CT molecular complexity index is 822. The molecule has 0 spiro atoms. The highest BCUT2D eigenvalue weighted by atomic mass is 16.5. The highest BCUT2D eigenvalue weighted by molar-refractivity contribution is 6.16. The molecule has 1 atom stereocenters. The minimum Gasteiger partial charge on any atom is -0.468 e. The van der Waals surface area contributed by atoms with Crippen LogP contribution >= 0.6 is 0 Å². The molecule has 122 valence electrons. The molecule has 0 aromatic heterocycles. The van der Waals surface area contributed by atoms with Crippen LogP contribution in [0, 0.1) is 5.41 Å². The highest BCUT2D eigenvalue weighted by Gasteiger charge is 2.52. The third-order valence-corrected chi connectivity index (χ3v) is 5.41. The number of benzene rings is 2. The van der Waals surface area contributed by atoms with Crippen LogP contribution in [-0.4, -0.2) is 18.9 Å². The molecular formula is C21H20O3. The fraction of sp³-hybridized carbons (Fsp3) is 0.333. The molecule has 0 bridgehead atoms. The van der Waals surface area contributed by atoms with Crippen LogP contribution in [0.4, 0.5) is 0 Å². The van der Waals surface area contributed by atoms with E-state index >= 15 is 0 Å². The standard InChI is InChI=1S/C21H20O3/c1-24-20(23)21(12-14-6-3-2-4-7-14)13-17-10-15-8-5-9-16(15)11-18(17)19(21)22/h2-4,6-7,10-11H,5,8-9,12-13H2,1H3/t21-/m1/s1. The summed E-state index contributed by atoms with van der Waals surface area (Å²) in [5, 5.41) is 0. The lowest BCUT2D eigenvalue weighted by atomic mass is 9.78. The van der Waals surface area contributed by atoms with Crippen LogP contribution in [-0.2, 0) is 35.2 Å². The van der Waals surface area contributed by atoms with Crippen molar-refractivity contribution in [3.8, 4) is 0 Å². The molecule has 2 aromatic carbocycles. The summed E-state index contributed by atoms with van der Waals surface area (Å²) in [6.45, 7) is 0. The van der Waals surface area contributed by atoms with E-state index in [0.29, 0.717) is 12.8 Å². The van der Waals surface area contributed by atoms with Gasteiger partial charge in [0.2, 0.25) is 0 Å². The zero-order valence-corrected chi connectivity index (χ0v) is 13.8. The quantitative estimate of drug-likeness (QED) is 0.644. The van der Waals surface area contributed by atoms with Gasteiger partial charge in [-0.25, -0.2) is 0 Å². The number of carbonyl (C=O) groups excluding carboxylic acids is 2. The van der Waals surface area contributed by atoms with Gasteiger partial charge in [0, 0.05) is 5.56 Å². The van der Waals surface area contributed by atoms with E-state index in [1.807, 2.05) is 36.4 Å². The number of Topliss-reactive ketones (excluding diaryl/α,β-unsaturated/α-hetero) is 1. The Balaban J connectivity index is 1.78. The lowest BCUT2D eigenvalue weighted by Crippen LogP contribution is -2.40. The number of aryl methyl sites for hydroxylation is 2. The van der Waals surface area contributed by atoms with Gasteiger partial charge in [-0.2, -0.15) is 0 Å². The molecule has 0 aliphatic heterocycles. The Kier molecular flexibility index (Phi) is 3.52. The first-order chi connectivity index (χ1) is 11.6. The first kappa shape index (κ1) is 15.1. The maximum absolute atomic E-state index is 13.2. The number of ketones is 1. The molecule has 2 aliphatic rings. The van der Waals surface area contributed by atoms with E-state index in [1.165, 1.54) is 18.2 Å². The Hall–Kier alpha value is -2.42. The smallest absolute Gasteiger partial charge is 0.320 e. The SMILES string of the molecule is COC(=O)[C@]1(Cc2ccccc2)Cc2cc3c(cc2C1=O)CCC3. The number of hydrogen-bond donors (Lipinski definition) is 0. The molecule has 0 amide bonds. The maximum atomic E-state index is 13.2. The summed E-state index contributed by atoms with van der Waals surface area (Å²) in [7, 11) is 1.37. The predicted molar refractivity (Wildman–Crippen MR) is 91.1 cm³/mol. The van der Waals surface area contributed by atoms with Crippen LogP contribution < -0.4 is 0 Å². The zero-order valence-electron chi connectivity index (χ0n) is 13.8. The van der Waals surface area contributed by atoms with Crippen LogP contribution in [0.3, 0.4) is 0 Å². The van der Waals surface area contributed by atoms with Gasteiger partial charge in [-0.15, -0.1) is 0 Å². The second-order valence-electron chi connectivity index (χ2n) is 6.87. The minimum absolute atomic E-state index is 0.0806. The van der Waals surface area contributed by atoms with Crippen molar-refractivity contribution < 1.29 is 14.3 Å². The number of hydrogen-bond acceptors (Lipinski definition) is 3. The molecular weight excluding hydrogens is 300 g/mol. The maximum Gasteiger partial charge on any atom is 0.320 e. The van der Waals surface area contributed by atoms with Crippen molar-refractivity contribution in [1.82, 2.24) is 0 Å². The van der Waals surface area contributed by atoms with Gasteiger partial charge in [-0.1, -0.05) is 36.4 Å². The van der Waals surface area contributed by atoms with E-state index < -0.39 is 11.4 Å². The van der Waals surface area contributed by atoms with Crippen molar-refractivity contribution in [2.45, 2.75) is 32.1 Å². The monoisotopic (exact) mass is 320 g/mol. The fourth-order valence-corrected chi connectivity index (χ4v) is 4.22. The van der Waals surface area contributed by atoms with Gasteiger partial charge < -0.3 is 4.74 Å². The van der Waals surface area contributed by atoms with E-state index in [9.17, 15) is 9.59 Å². The molecule has 4 rings (SSSR count). The summed E-state index contributed by atoms with van der Waals surface area (Å²) in [5.41, 5.74) is 4.19. The largest absolute Gasteiger partial charge is 0.468 e. The number of ether oxygens (including phenoxy) is 1. The second kappa shape index (κ2) is 5.59. The lowest BCUT2D eigenvalue weighted by molar-refractivity contribution is -0.149.